The van der Waals surface area contributed by atoms with Crippen molar-refractivity contribution in [3.05, 3.63) is 46.2 Å². The molecule has 1 aromatic carbocycles. The summed E-state index contributed by atoms with van der Waals surface area (Å²) in [7, 11) is 0. The fraction of sp³-hybridized carbons (Fsp3) is 0. The number of aromatic nitrogens is 2. The van der Waals surface area contributed by atoms with E-state index >= 15 is 0 Å². The number of aldehydes is 1. The molecule has 0 unspecified atom stereocenters. The number of hydrogen-bond acceptors (Lipinski definition) is 3. The van der Waals surface area contributed by atoms with E-state index in [-0.39, 0.29) is 0 Å². The minimum absolute atomic E-state index is 0.417. The molecule has 0 fully saturated rings. The Kier molecular flexibility index (Phi) is 2.84. The summed E-state index contributed by atoms with van der Waals surface area (Å²) in [6.07, 6.45) is 4.09. The van der Waals surface area contributed by atoms with Gasteiger partial charge in [0.25, 0.3) is 0 Å². The molecule has 0 atom stereocenters. The van der Waals surface area contributed by atoms with E-state index in [2.05, 4.69) is 21.0 Å². The summed E-state index contributed by atoms with van der Waals surface area (Å²) in [6, 6.07) is 6.93. The van der Waals surface area contributed by atoms with Crippen LogP contribution in [0.3, 0.4) is 0 Å². The number of carbonyl (C=O) groups excluding carboxylic acids is 1. The lowest BCUT2D eigenvalue weighted by Crippen LogP contribution is -1.98. The second-order valence-corrected chi connectivity index (χ2v) is 4.03. The van der Waals surface area contributed by atoms with Crippen LogP contribution in [0.1, 0.15) is 15.9 Å². The van der Waals surface area contributed by atoms with Crippen LogP contribution in [0.2, 0.25) is 0 Å². The van der Waals surface area contributed by atoms with Gasteiger partial charge in [0.1, 0.15) is 12.4 Å². The summed E-state index contributed by atoms with van der Waals surface area (Å²) in [6.45, 7) is 0. The van der Waals surface area contributed by atoms with Crippen molar-refractivity contribution in [2.75, 3.05) is 0 Å². The third-order valence-electron chi connectivity index (χ3n) is 2.08. The molecule has 0 bridgehead atoms. The molecule has 0 saturated heterocycles. The number of benzene rings is 1. The molecule has 0 N–H and O–H groups in total. The monoisotopic (exact) mass is 275 g/mol. The summed E-state index contributed by atoms with van der Waals surface area (Å²) in [5.41, 5.74) is 1.55. The fourth-order valence-corrected chi connectivity index (χ4v) is 1.63. The maximum atomic E-state index is 10.6. The molecule has 78 valence electrons. The van der Waals surface area contributed by atoms with Crippen LogP contribution in [0.4, 0.5) is 0 Å². The first kappa shape index (κ1) is 10.6. The van der Waals surface area contributed by atoms with Crippen LogP contribution in [-0.2, 0) is 0 Å². The molecule has 0 spiro atoms. The van der Waals surface area contributed by atoms with Crippen molar-refractivity contribution < 1.29 is 4.79 Å². The molecular weight excluding hydrogens is 270 g/mol. The molecule has 2 rings (SSSR count). The largest absolute Gasteiger partial charge is 0.298 e. The van der Waals surface area contributed by atoms with Gasteiger partial charge in [-0.3, -0.25) is 4.79 Å². The summed E-state index contributed by atoms with van der Waals surface area (Å²) >= 11 is 3.28. The Morgan fingerprint density at radius 3 is 2.88 bits per heavy atom. The van der Waals surface area contributed by atoms with Gasteiger partial charge in [-0.1, -0.05) is 0 Å². The SMILES string of the molecule is N#Cc1cc(C=O)ccc1-n1cc(Br)cn1. The molecule has 1 aromatic heterocycles. The van der Waals surface area contributed by atoms with Crippen molar-refractivity contribution in [2.24, 2.45) is 0 Å². The zero-order valence-electron chi connectivity index (χ0n) is 8.09. The second kappa shape index (κ2) is 4.29. The molecule has 2 aromatic rings. The lowest BCUT2D eigenvalue weighted by Gasteiger charge is -2.03. The molecule has 0 saturated carbocycles. The van der Waals surface area contributed by atoms with Crippen LogP contribution in [0.5, 0.6) is 0 Å². The topological polar surface area (TPSA) is 58.7 Å². The Morgan fingerprint density at radius 2 is 2.31 bits per heavy atom. The Balaban J connectivity index is 2.57. The van der Waals surface area contributed by atoms with E-state index in [0.29, 0.717) is 23.1 Å². The predicted octanol–water partition coefficient (Wildman–Crippen LogP) is 2.32. The first-order chi connectivity index (χ1) is 7.74. The van der Waals surface area contributed by atoms with Gasteiger partial charge in [-0.05, 0) is 34.1 Å². The van der Waals surface area contributed by atoms with Gasteiger partial charge in [0.2, 0.25) is 0 Å². The first-order valence-corrected chi connectivity index (χ1v) is 5.24. The van der Waals surface area contributed by atoms with Crippen LogP contribution in [0, 0.1) is 11.3 Å². The number of nitriles is 1. The number of hydrogen-bond donors (Lipinski definition) is 0. The van der Waals surface area contributed by atoms with Crippen molar-refractivity contribution in [3.63, 3.8) is 0 Å². The highest BCUT2D eigenvalue weighted by atomic mass is 79.9. The molecule has 0 aliphatic carbocycles. The number of carbonyl (C=O) groups is 1. The van der Waals surface area contributed by atoms with Gasteiger partial charge in [0.15, 0.2) is 0 Å². The van der Waals surface area contributed by atoms with E-state index in [1.165, 1.54) is 6.07 Å². The van der Waals surface area contributed by atoms with Gasteiger partial charge in [-0.15, -0.1) is 0 Å². The highest BCUT2D eigenvalue weighted by Crippen LogP contribution is 2.17. The van der Waals surface area contributed by atoms with Gasteiger partial charge in [-0.25, -0.2) is 4.68 Å². The van der Waals surface area contributed by atoms with E-state index in [0.717, 1.165) is 4.47 Å². The average molecular weight is 276 g/mol. The maximum absolute atomic E-state index is 10.6. The Morgan fingerprint density at radius 1 is 1.50 bits per heavy atom. The Labute approximate surface area is 100 Å². The van der Waals surface area contributed by atoms with E-state index < -0.39 is 0 Å². The normalized spacial score (nSPS) is 9.75. The molecule has 5 heteroatoms. The van der Waals surface area contributed by atoms with Crippen molar-refractivity contribution in [2.45, 2.75) is 0 Å². The van der Waals surface area contributed by atoms with Gasteiger partial charge in [-0.2, -0.15) is 10.4 Å². The number of halogens is 1. The summed E-state index contributed by atoms with van der Waals surface area (Å²) in [4.78, 5) is 10.6. The maximum Gasteiger partial charge on any atom is 0.150 e. The highest BCUT2D eigenvalue weighted by molar-refractivity contribution is 9.10. The lowest BCUT2D eigenvalue weighted by molar-refractivity contribution is 0.112. The minimum atomic E-state index is 0.417. The third kappa shape index (κ3) is 1.88. The van der Waals surface area contributed by atoms with E-state index in [4.69, 9.17) is 5.26 Å². The standard InChI is InChI=1S/C11H6BrN3O/c12-10-5-14-15(6-10)11-2-1-8(7-16)3-9(11)4-13/h1-3,5-7H. The zero-order chi connectivity index (χ0) is 11.5. The first-order valence-electron chi connectivity index (χ1n) is 4.44. The average Bonchev–Trinajstić information content (AvgIpc) is 2.74. The van der Waals surface area contributed by atoms with Crippen molar-refractivity contribution >= 4 is 22.2 Å². The molecule has 16 heavy (non-hydrogen) atoms. The fourth-order valence-electron chi connectivity index (χ4n) is 1.35. The third-order valence-corrected chi connectivity index (χ3v) is 2.48. The number of nitrogens with zero attached hydrogens (tertiary/aromatic N) is 3. The quantitative estimate of drug-likeness (QED) is 0.791. The van der Waals surface area contributed by atoms with E-state index in [1.807, 2.05) is 6.07 Å². The van der Waals surface area contributed by atoms with Crippen molar-refractivity contribution in [3.8, 4) is 11.8 Å². The molecule has 0 aliphatic rings. The van der Waals surface area contributed by atoms with Crippen LogP contribution in [0.25, 0.3) is 5.69 Å². The zero-order valence-corrected chi connectivity index (χ0v) is 9.68. The smallest absolute Gasteiger partial charge is 0.150 e. The molecule has 0 radical (unpaired) electrons. The van der Waals surface area contributed by atoms with Crippen LogP contribution < -0.4 is 0 Å². The molecular formula is C11H6BrN3O. The summed E-state index contributed by atoms with van der Waals surface area (Å²) in [5, 5.41) is 13.1. The van der Waals surface area contributed by atoms with Crippen LogP contribution >= 0.6 is 15.9 Å². The van der Waals surface area contributed by atoms with Crippen LogP contribution in [0.15, 0.2) is 35.1 Å². The van der Waals surface area contributed by atoms with Gasteiger partial charge < -0.3 is 0 Å². The van der Waals surface area contributed by atoms with Crippen molar-refractivity contribution in [1.82, 2.24) is 9.78 Å². The summed E-state index contributed by atoms with van der Waals surface area (Å²) in [5.74, 6) is 0. The second-order valence-electron chi connectivity index (χ2n) is 3.11. The minimum Gasteiger partial charge on any atom is -0.298 e. The van der Waals surface area contributed by atoms with Gasteiger partial charge in [0, 0.05) is 11.8 Å². The van der Waals surface area contributed by atoms with Crippen LogP contribution in [-0.4, -0.2) is 16.1 Å². The van der Waals surface area contributed by atoms with E-state index in [1.54, 1.807) is 29.2 Å². The lowest BCUT2D eigenvalue weighted by atomic mass is 10.1. The summed E-state index contributed by atoms with van der Waals surface area (Å²) < 4.78 is 2.41. The van der Waals surface area contributed by atoms with Gasteiger partial charge >= 0.3 is 0 Å². The number of rotatable bonds is 2. The molecule has 4 nitrogen and oxygen atoms in total. The Hall–Kier alpha value is -1.93. The highest BCUT2D eigenvalue weighted by Gasteiger charge is 2.06. The molecule has 0 amide bonds. The van der Waals surface area contributed by atoms with E-state index in [9.17, 15) is 4.79 Å². The Bertz CT molecular complexity index is 583. The van der Waals surface area contributed by atoms with Crippen molar-refractivity contribution in [1.29, 1.82) is 5.26 Å². The molecule has 0 aliphatic heterocycles. The molecule has 1 heterocycles. The van der Waals surface area contributed by atoms with Gasteiger partial charge in [0.05, 0.1) is 21.9 Å². The predicted molar refractivity (Wildman–Crippen MR) is 61.4 cm³/mol.